The third-order valence-electron chi connectivity index (χ3n) is 2.97. The van der Waals surface area contributed by atoms with Gasteiger partial charge in [0.15, 0.2) is 0 Å². The van der Waals surface area contributed by atoms with Gasteiger partial charge in [-0.1, -0.05) is 23.7 Å². The first-order chi connectivity index (χ1) is 9.42. The third kappa shape index (κ3) is 3.78. The lowest BCUT2D eigenvalue weighted by atomic mass is 10.2. The number of rotatable bonds is 5. The van der Waals surface area contributed by atoms with E-state index in [1.807, 2.05) is 0 Å². The van der Waals surface area contributed by atoms with Crippen LogP contribution in [0, 0.1) is 5.92 Å². The van der Waals surface area contributed by atoms with E-state index >= 15 is 0 Å². The number of hydrogen-bond acceptors (Lipinski definition) is 2. The van der Waals surface area contributed by atoms with E-state index in [0.29, 0.717) is 30.1 Å². The Balaban J connectivity index is 1.70. The molecule has 0 aliphatic heterocycles. The minimum absolute atomic E-state index is 0.193. The van der Waals surface area contributed by atoms with Gasteiger partial charge in [-0.3, -0.25) is 9.59 Å². The molecule has 1 saturated carbocycles. The number of halogens is 3. The summed E-state index contributed by atoms with van der Waals surface area (Å²) in [6.07, 6.45) is 0.466. The Morgan fingerprint density at radius 1 is 1.20 bits per heavy atom. The predicted octanol–water partition coefficient (Wildman–Crippen LogP) is 2.38. The molecule has 0 bridgehead atoms. The Bertz CT molecular complexity index is 534. The molecule has 0 aromatic heterocycles. The molecule has 1 aromatic rings. The van der Waals surface area contributed by atoms with Crippen LogP contribution in [0.25, 0.3) is 0 Å². The molecule has 20 heavy (non-hydrogen) atoms. The molecule has 1 atom stereocenters. The van der Waals surface area contributed by atoms with E-state index in [9.17, 15) is 9.59 Å². The Labute approximate surface area is 131 Å². The van der Waals surface area contributed by atoms with Gasteiger partial charge in [0.1, 0.15) is 4.33 Å². The van der Waals surface area contributed by atoms with E-state index in [0.717, 1.165) is 0 Å². The number of amides is 2. The fourth-order valence-corrected chi connectivity index (χ4v) is 2.45. The van der Waals surface area contributed by atoms with Gasteiger partial charge >= 0.3 is 0 Å². The molecule has 0 radical (unpaired) electrons. The topological polar surface area (TPSA) is 58.2 Å². The molecule has 2 rings (SSSR count). The fourth-order valence-electron chi connectivity index (χ4n) is 1.72. The molecule has 0 spiro atoms. The van der Waals surface area contributed by atoms with E-state index in [1.165, 1.54) is 0 Å². The normalized spacial score (nSPS) is 19.2. The van der Waals surface area contributed by atoms with Crippen LogP contribution in [0.5, 0.6) is 0 Å². The van der Waals surface area contributed by atoms with Crippen molar-refractivity contribution in [3.8, 4) is 0 Å². The van der Waals surface area contributed by atoms with Crippen molar-refractivity contribution in [2.24, 2.45) is 5.92 Å². The summed E-state index contributed by atoms with van der Waals surface area (Å²) in [5.41, 5.74) is 0.406. The third-order valence-corrected chi connectivity index (χ3v) is 4.14. The molecule has 7 heteroatoms. The zero-order chi connectivity index (χ0) is 14.8. The molecule has 0 heterocycles. The van der Waals surface area contributed by atoms with Crippen LogP contribution < -0.4 is 10.6 Å². The Morgan fingerprint density at radius 3 is 2.40 bits per heavy atom. The summed E-state index contributed by atoms with van der Waals surface area (Å²) in [5.74, 6) is -0.826. The van der Waals surface area contributed by atoms with Crippen LogP contribution in [0.2, 0.25) is 5.02 Å². The second kappa shape index (κ2) is 6.20. The van der Waals surface area contributed by atoms with E-state index in [4.69, 9.17) is 34.8 Å². The Hall–Kier alpha value is -0.970. The highest BCUT2D eigenvalue weighted by atomic mass is 35.5. The summed E-state index contributed by atoms with van der Waals surface area (Å²) in [7, 11) is 0. The highest BCUT2D eigenvalue weighted by Crippen LogP contribution is 2.53. The van der Waals surface area contributed by atoms with Crippen LogP contribution in [-0.4, -0.2) is 29.2 Å². The summed E-state index contributed by atoms with van der Waals surface area (Å²) < 4.78 is -0.926. The summed E-state index contributed by atoms with van der Waals surface area (Å²) in [6.45, 7) is 0.621. The number of benzene rings is 1. The van der Waals surface area contributed by atoms with Crippen LogP contribution in [0.3, 0.4) is 0 Å². The van der Waals surface area contributed by atoms with Crippen molar-refractivity contribution in [1.82, 2.24) is 10.6 Å². The van der Waals surface area contributed by atoms with Gasteiger partial charge in [-0.15, -0.1) is 23.2 Å². The van der Waals surface area contributed by atoms with Crippen molar-refractivity contribution in [2.75, 3.05) is 13.1 Å². The standard InChI is InChI=1S/C13H13Cl3N2O2/c14-10-4-2-1-3-8(10)11(19)17-5-6-18-12(20)9-7-13(9,15)16/h1-4,9H,5-7H2,(H,17,19)(H,18,20). The molecule has 1 unspecified atom stereocenters. The van der Waals surface area contributed by atoms with Gasteiger partial charge in [-0.25, -0.2) is 0 Å². The van der Waals surface area contributed by atoms with Crippen molar-refractivity contribution in [2.45, 2.75) is 10.8 Å². The Morgan fingerprint density at radius 2 is 1.80 bits per heavy atom. The van der Waals surface area contributed by atoms with Crippen molar-refractivity contribution < 1.29 is 9.59 Å². The van der Waals surface area contributed by atoms with E-state index < -0.39 is 4.33 Å². The number of carbonyl (C=O) groups is 2. The summed E-state index contributed by atoms with van der Waals surface area (Å²) in [4.78, 5) is 23.4. The highest BCUT2D eigenvalue weighted by Gasteiger charge is 2.56. The van der Waals surface area contributed by atoms with Gasteiger partial charge in [0, 0.05) is 13.1 Å². The van der Waals surface area contributed by atoms with Gasteiger partial charge in [0.25, 0.3) is 5.91 Å². The second-order valence-corrected chi connectivity index (χ2v) is 6.49. The Kier molecular flexibility index (Phi) is 4.78. The second-order valence-electron chi connectivity index (χ2n) is 4.54. The molecule has 2 amide bonds. The van der Waals surface area contributed by atoms with E-state index in [1.54, 1.807) is 24.3 Å². The zero-order valence-electron chi connectivity index (χ0n) is 10.5. The maximum Gasteiger partial charge on any atom is 0.252 e. The van der Waals surface area contributed by atoms with Gasteiger partial charge < -0.3 is 10.6 Å². The predicted molar refractivity (Wildman–Crippen MR) is 79.3 cm³/mol. The minimum Gasteiger partial charge on any atom is -0.354 e. The number of nitrogens with one attached hydrogen (secondary N) is 2. The highest BCUT2D eigenvalue weighted by molar-refractivity contribution is 6.52. The van der Waals surface area contributed by atoms with Crippen LogP contribution in [-0.2, 0) is 4.79 Å². The summed E-state index contributed by atoms with van der Waals surface area (Å²) >= 11 is 17.5. The zero-order valence-corrected chi connectivity index (χ0v) is 12.7. The van der Waals surface area contributed by atoms with Crippen LogP contribution in [0.1, 0.15) is 16.8 Å². The van der Waals surface area contributed by atoms with Crippen molar-refractivity contribution in [3.05, 3.63) is 34.9 Å². The largest absolute Gasteiger partial charge is 0.354 e. The van der Waals surface area contributed by atoms with Crippen LogP contribution in [0.15, 0.2) is 24.3 Å². The maximum absolute atomic E-state index is 11.8. The van der Waals surface area contributed by atoms with Crippen molar-refractivity contribution in [1.29, 1.82) is 0 Å². The molecule has 0 saturated heterocycles. The molecule has 1 aliphatic rings. The summed E-state index contributed by atoms with van der Waals surface area (Å²) in [6, 6.07) is 6.76. The van der Waals surface area contributed by atoms with Gasteiger partial charge in [0.05, 0.1) is 16.5 Å². The number of hydrogen-bond donors (Lipinski definition) is 2. The molecule has 108 valence electrons. The lowest BCUT2D eigenvalue weighted by Gasteiger charge is -2.08. The molecule has 1 fully saturated rings. The molecular weight excluding hydrogens is 323 g/mol. The SMILES string of the molecule is O=C(NCCNC(=O)C1CC1(Cl)Cl)c1ccccc1Cl. The van der Waals surface area contributed by atoms with Gasteiger partial charge in [0.2, 0.25) is 5.91 Å². The smallest absolute Gasteiger partial charge is 0.252 e. The van der Waals surface area contributed by atoms with E-state index in [2.05, 4.69) is 10.6 Å². The number of alkyl halides is 2. The molecule has 1 aromatic carbocycles. The summed E-state index contributed by atoms with van der Waals surface area (Å²) in [5, 5.41) is 5.73. The molecule has 4 nitrogen and oxygen atoms in total. The number of carbonyl (C=O) groups excluding carboxylic acids is 2. The van der Waals surface area contributed by atoms with E-state index in [-0.39, 0.29) is 17.7 Å². The van der Waals surface area contributed by atoms with Crippen molar-refractivity contribution >= 4 is 46.6 Å². The lowest BCUT2D eigenvalue weighted by Crippen LogP contribution is -2.36. The quantitative estimate of drug-likeness (QED) is 0.641. The first kappa shape index (κ1) is 15.4. The first-order valence-corrected chi connectivity index (χ1v) is 7.23. The maximum atomic E-state index is 11.8. The average Bonchev–Trinajstić information content (AvgIpc) is 3.04. The fraction of sp³-hybridized carbons (Fsp3) is 0.385. The molecule has 1 aliphatic carbocycles. The van der Waals surface area contributed by atoms with Gasteiger partial charge in [-0.2, -0.15) is 0 Å². The lowest BCUT2D eigenvalue weighted by molar-refractivity contribution is -0.122. The first-order valence-electron chi connectivity index (χ1n) is 6.10. The van der Waals surface area contributed by atoms with Crippen LogP contribution in [0.4, 0.5) is 0 Å². The van der Waals surface area contributed by atoms with Crippen LogP contribution >= 0.6 is 34.8 Å². The monoisotopic (exact) mass is 334 g/mol. The molecule has 2 N–H and O–H groups in total. The molecular formula is C13H13Cl3N2O2. The van der Waals surface area contributed by atoms with Crippen molar-refractivity contribution in [3.63, 3.8) is 0 Å². The van der Waals surface area contributed by atoms with Gasteiger partial charge in [-0.05, 0) is 18.6 Å². The minimum atomic E-state index is -0.926. The average molecular weight is 336 g/mol.